The molecule has 122 valence electrons. The Morgan fingerprint density at radius 3 is 2.87 bits per heavy atom. The van der Waals surface area contributed by atoms with E-state index in [1.807, 2.05) is 0 Å². The second-order valence-corrected chi connectivity index (χ2v) is 5.95. The highest BCUT2D eigenvalue weighted by atomic mass is 35.5. The molecule has 0 radical (unpaired) electrons. The fourth-order valence-electron chi connectivity index (χ4n) is 2.56. The first-order valence-corrected chi connectivity index (χ1v) is 7.92. The summed E-state index contributed by atoms with van der Waals surface area (Å²) in [7, 11) is 0. The second-order valence-electron chi connectivity index (χ2n) is 5.57. The van der Waals surface area contributed by atoms with Crippen LogP contribution in [0.3, 0.4) is 0 Å². The Hall–Kier alpha value is -2.05. The van der Waals surface area contributed by atoms with Crippen LogP contribution in [0, 0.1) is 5.92 Å². The number of aromatic hydroxyl groups is 1. The van der Waals surface area contributed by atoms with Gasteiger partial charge in [0.05, 0.1) is 24.2 Å². The van der Waals surface area contributed by atoms with E-state index in [-0.39, 0.29) is 10.8 Å². The molecule has 2 heterocycles. The molecule has 1 aliphatic heterocycles. The highest BCUT2D eigenvalue weighted by Gasteiger charge is 2.16. The zero-order valence-electron chi connectivity index (χ0n) is 12.5. The number of nitrogens with zero attached hydrogens (tertiary/aromatic N) is 2. The van der Waals surface area contributed by atoms with Crippen molar-refractivity contribution in [2.24, 2.45) is 5.92 Å². The predicted molar refractivity (Wildman–Crippen MR) is 88.5 cm³/mol. The smallest absolute Gasteiger partial charge is 0.292 e. The van der Waals surface area contributed by atoms with Gasteiger partial charge in [0, 0.05) is 13.2 Å². The van der Waals surface area contributed by atoms with Crippen LogP contribution in [-0.4, -0.2) is 34.6 Å². The minimum atomic E-state index is -0.401. The summed E-state index contributed by atoms with van der Waals surface area (Å²) in [6.07, 6.45) is 3.70. The Balaban J connectivity index is 1.77. The number of phenols is 1. The highest BCUT2D eigenvalue weighted by molar-refractivity contribution is 6.32. The van der Waals surface area contributed by atoms with Crippen molar-refractivity contribution in [2.45, 2.75) is 12.8 Å². The quantitative estimate of drug-likeness (QED) is 0.897. The number of aromatic nitrogens is 2. The van der Waals surface area contributed by atoms with Crippen molar-refractivity contribution in [1.82, 2.24) is 9.78 Å². The summed E-state index contributed by atoms with van der Waals surface area (Å²) in [4.78, 5) is 12.4. The molecular formula is C16H18ClN3O3. The van der Waals surface area contributed by atoms with Crippen LogP contribution in [0.5, 0.6) is 5.75 Å². The number of benzene rings is 1. The fourth-order valence-corrected chi connectivity index (χ4v) is 2.75. The number of nitrogens with one attached hydrogen (secondary N) is 1. The fraction of sp³-hybridized carbons (Fsp3) is 0.375. The van der Waals surface area contributed by atoms with E-state index in [1.165, 1.54) is 16.8 Å². The Kier molecular flexibility index (Phi) is 4.83. The molecule has 1 saturated heterocycles. The summed E-state index contributed by atoms with van der Waals surface area (Å²) in [5.74, 6) is 0.542. The van der Waals surface area contributed by atoms with E-state index in [2.05, 4.69) is 10.4 Å². The topological polar surface area (TPSA) is 76.4 Å². The third-order valence-electron chi connectivity index (χ3n) is 3.85. The van der Waals surface area contributed by atoms with E-state index >= 15 is 0 Å². The molecule has 2 aromatic rings. The van der Waals surface area contributed by atoms with Gasteiger partial charge in [-0.05, 0) is 43.0 Å². The predicted octanol–water partition coefficient (Wildman–Crippen LogP) is 2.43. The van der Waals surface area contributed by atoms with Crippen LogP contribution in [0.2, 0.25) is 5.02 Å². The van der Waals surface area contributed by atoms with Crippen molar-refractivity contribution in [3.63, 3.8) is 0 Å². The van der Waals surface area contributed by atoms with Gasteiger partial charge in [0.15, 0.2) is 0 Å². The van der Waals surface area contributed by atoms with Crippen molar-refractivity contribution in [3.8, 4) is 11.4 Å². The lowest BCUT2D eigenvalue weighted by Crippen LogP contribution is -2.26. The van der Waals surface area contributed by atoms with E-state index in [1.54, 1.807) is 18.3 Å². The van der Waals surface area contributed by atoms with Gasteiger partial charge in [-0.2, -0.15) is 9.78 Å². The average Bonchev–Trinajstić information content (AvgIpc) is 2.58. The molecule has 1 atom stereocenters. The molecule has 0 amide bonds. The van der Waals surface area contributed by atoms with Crippen molar-refractivity contribution in [2.75, 3.05) is 25.1 Å². The first kappa shape index (κ1) is 15.8. The molecule has 1 aliphatic rings. The first-order chi connectivity index (χ1) is 11.1. The molecule has 1 fully saturated rings. The summed E-state index contributed by atoms with van der Waals surface area (Å²) < 4.78 is 6.64. The molecule has 1 aromatic carbocycles. The molecule has 0 spiro atoms. The van der Waals surface area contributed by atoms with Crippen molar-refractivity contribution in [1.29, 1.82) is 0 Å². The lowest BCUT2D eigenvalue weighted by atomic mass is 10.0. The van der Waals surface area contributed by atoms with Crippen LogP contribution in [0.1, 0.15) is 12.8 Å². The maximum Gasteiger partial charge on any atom is 0.292 e. The minimum absolute atomic E-state index is 0.102. The number of phenolic OH excluding ortho intramolecular Hbond substituents is 1. The molecule has 7 heteroatoms. The van der Waals surface area contributed by atoms with Gasteiger partial charge in [0.1, 0.15) is 10.8 Å². The maximum atomic E-state index is 12.4. The van der Waals surface area contributed by atoms with Crippen LogP contribution in [0.25, 0.3) is 5.69 Å². The van der Waals surface area contributed by atoms with E-state index < -0.39 is 5.56 Å². The molecule has 1 unspecified atom stereocenters. The lowest BCUT2D eigenvalue weighted by Gasteiger charge is -2.22. The number of hydrogen-bond donors (Lipinski definition) is 2. The summed E-state index contributed by atoms with van der Waals surface area (Å²) in [5, 5.41) is 16.7. The Morgan fingerprint density at radius 2 is 2.17 bits per heavy atom. The zero-order valence-corrected chi connectivity index (χ0v) is 13.3. The molecule has 6 nitrogen and oxygen atoms in total. The van der Waals surface area contributed by atoms with Crippen molar-refractivity contribution >= 4 is 17.3 Å². The van der Waals surface area contributed by atoms with Gasteiger partial charge in [0.25, 0.3) is 5.56 Å². The SMILES string of the molecule is O=c1c(Cl)c(NCC2CCCOC2)cnn1-c1ccc(O)cc1. The van der Waals surface area contributed by atoms with E-state index in [0.29, 0.717) is 23.8 Å². The molecule has 3 rings (SSSR count). The van der Waals surface area contributed by atoms with Gasteiger partial charge in [-0.25, -0.2) is 0 Å². The summed E-state index contributed by atoms with van der Waals surface area (Å²) in [6, 6.07) is 6.19. The standard InChI is InChI=1S/C16H18ClN3O3/c17-15-14(18-8-11-2-1-7-23-10-11)9-19-20(16(15)22)12-3-5-13(21)6-4-12/h3-6,9,11,18,21H,1-2,7-8,10H2. The summed E-state index contributed by atoms with van der Waals surface area (Å²) in [5.41, 5.74) is 0.668. The van der Waals surface area contributed by atoms with Crippen LogP contribution in [-0.2, 0) is 4.74 Å². The van der Waals surface area contributed by atoms with Crippen LogP contribution >= 0.6 is 11.6 Å². The molecule has 23 heavy (non-hydrogen) atoms. The largest absolute Gasteiger partial charge is 0.508 e. The van der Waals surface area contributed by atoms with Gasteiger partial charge in [-0.1, -0.05) is 11.6 Å². The Bertz CT molecular complexity index is 724. The molecule has 0 bridgehead atoms. The van der Waals surface area contributed by atoms with Crippen LogP contribution in [0.15, 0.2) is 35.3 Å². The number of anilines is 1. The highest BCUT2D eigenvalue weighted by Crippen LogP contribution is 2.20. The lowest BCUT2D eigenvalue weighted by molar-refractivity contribution is 0.0595. The van der Waals surface area contributed by atoms with Crippen LogP contribution < -0.4 is 10.9 Å². The van der Waals surface area contributed by atoms with Gasteiger partial charge in [0.2, 0.25) is 0 Å². The van der Waals surface area contributed by atoms with Crippen molar-refractivity contribution in [3.05, 3.63) is 45.8 Å². The number of rotatable bonds is 4. The molecule has 0 saturated carbocycles. The van der Waals surface area contributed by atoms with E-state index in [0.717, 1.165) is 26.1 Å². The van der Waals surface area contributed by atoms with Crippen molar-refractivity contribution < 1.29 is 9.84 Å². The monoisotopic (exact) mass is 335 g/mol. The van der Waals surface area contributed by atoms with Gasteiger partial charge in [-0.15, -0.1) is 0 Å². The number of halogens is 1. The zero-order chi connectivity index (χ0) is 16.2. The van der Waals surface area contributed by atoms with Crippen LogP contribution in [0.4, 0.5) is 5.69 Å². The number of ether oxygens (including phenoxy) is 1. The normalized spacial score (nSPS) is 17.9. The molecule has 2 N–H and O–H groups in total. The second kappa shape index (κ2) is 7.02. The van der Waals surface area contributed by atoms with Gasteiger partial charge < -0.3 is 15.2 Å². The Labute approximate surface area is 138 Å². The average molecular weight is 336 g/mol. The van der Waals surface area contributed by atoms with E-state index in [4.69, 9.17) is 16.3 Å². The van der Waals surface area contributed by atoms with Gasteiger partial charge in [-0.3, -0.25) is 4.79 Å². The third kappa shape index (κ3) is 3.65. The molecular weight excluding hydrogens is 318 g/mol. The first-order valence-electron chi connectivity index (χ1n) is 7.54. The molecule has 1 aromatic heterocycles. The van der Waals surface area contributed by atoms with E-state index in [9.17, 15) is 9.90 Å². The van der Waals surface area contributed by atoms with Gasteiger partial charge >= 0.3 is 0 Å². The summed E-state index contributed by atoms with van der Waals surface area (Å²) >= 11 is 6.18. The Morgan fingerprint density at radius 1 is 1.39 bits per heavy atom. The molecule has 0 aliphatic carbocycles. The maximum absolute atomic E-state index is 12.4. The minimum Gasteiger partial charge on any atom is -0.508 e. The summed E-state index contributed by atoms with van der Waals surface area (Å²) in [6.45, 7) is 2.24. The third-order valence-corrected chi connectivity index (χ3v) is 4.21. The number of hydrogen-bond acceptors (Lipinski definition) is 5.